The van der Waals surface area contributed by atoms with Gasteiger partial charge in [-0.1, -0.05) is 0 Å². The summed E-state index contributed by atoms with van der Waals surface area (Å²) in [5.74, 6) is -1.19. The lowest BCUT2D eigenvalue weighted by atomic mass is 10.1. The average Bonchev–Trinajstić information content (AvgIpc) is 3.55. The Kier molecular flexibility index (Phi) is 12.2. The lowest BCUT2D eigenvalue weighted by Crippen LogP contribution is -2.25. The van der Waals surface area contributed by atoms with E-state index in [9.17, 15) is 41.1 Å². The average molecular weight is 725 g/mol. The van der Waals surface area contributed by atoms with Crippen LogP contribution in [0.3, 0.4) is 0 Å². The molecule has 0 bridgehead atoms. The zero-order valence-corrected chi connectivity index (χ0v) is 26.8. The summed E-state index contributed by atoms with van der Waals surface area (Å²) >= 11 is 0. The first-order valence-electron chi connectivity index (χ1n) is 15.3. The van der Waals surface area contributed by atoms with Gasteiger partial charge >= 0.3 is 18.4 Å². The van der Waals surface area contributed by atoms with Gasteiger partial charge in [0.05, 0.1) is 28.6 Å². The molecule has 1 heterocycles. The SMILES string of the molecule is C=[N+]([O-])c1cc(Oc2ccc(NC(=O)Nc3cc(C(F)(F)F)cc(NC(=O)CCCCN=C(N)N)c3O[C@@H]3CCNC3)cc2)cc(C(F)(F)F)c1. The predicted octanol–water partition coefficient (Wildman–Crippen LogP) is 6.13. The number of unbranched alkanes of at least 4 members (excludes halogenated alkanes) is 1. The molecule has 3 amide bonds. The van der Waals surface area contributed by atoms with E-state index in [4.69, 9.17) is 20.9 Å². The molecule has 0 saturated carbocycles. The molecule has 0 radical (unpaired) electrons. The van der Waals surface area contributed by atoms with Crippen molar-refractivity contribution >= 4 is 47.4 Å². The lowest BCUT2D eigenvalue weighted by Gasteiger charge is -2.22. The van der Waals surface area contributed by atoms with Crippen LogP contribution < -0.4 is 42.2 Å². The van der Waals surface area contributed by atoms with E-state index in [2.05, 4.69) is 33.0 Å². The minimum absolute atomic E-state index is 0.00469. The number of nitrogens with zero attached hydrogens (tertiary/aromatic N) is 2. The van der Waals surface area contributed by atoms with Gasteiger partial charge in [0.25, 0.3) is 0 Å². The third kappa shape index (κ3) is 11.4. The summed E-state index contributed by atoms with van der Waals surface area (Å²) in [5, 5.41) is 21.9. The van der Waals surface area contributed by atoms with Crippen molar-refractivity contribution in [2.45, 2.75) is 44.1 Å². The maximum atomic E-state index is 14.0. The molecular weight excluding hydrogens is 690 g/mol. The number of anilines is 3. The lowest BCUT2D eigenvalue weighted by molar-refractivity contribution is -0.350. The summed E-state index contributed by atoms with van der Waals surface area (Å²) in [5.41, 5.74) is 7.28. The van der Waals surface area contributed by atoms with Gasteiger partial charge in [0.15, 0.2) is 11.7 Å². The summed E-state index contributed by atoms with van der Waals surface area (Å²) in [6.07, 6.45) is -8.91. The van der Waals surface area contributed by atoms with Crippen LogP contribution in [-0.4, -0.2) is 55.1 Å². The van der Waals surface area contributed by atoms with Crippen LogP contribution in [0.15, 0.2) is 59.6 Å². The molecule has 1 saturated heterocycles. The highest BCUT2D eigenvalue weighted by molar-refractivity contribution is 6.02. The van der Waals surface area contributed by atoms with Crippen molar-refractivity contribution in [1.82, 2.24) is 5.32 Å². The quantitative estimate of drug-likeness (QED) is 0.0231. The molecule has 19 heteroatoms. The molecule has 4 rings (SSSR count). The van der Waals surface area contributed by atoms with Gasteiger partial charge in [0.1, 0.15) is 24.3 Å². The second-order valence-electron chi connectivity index (χ2n) is 11.2. The van der Waals surface area contributed by atoms with Gasteiger partial charge in [0.2, 0.25) is 11.6 Å². The van der Waals surface area contributed by atoms with Crippen LogP contribution in [-0.2, 0) is 17.1 Å². The number of benzene rings is 3. The standard InChI is InChI=1S/C32H34F6N8O5/c1-46(49)21-12-18(31(33,34)35)13-24(16-21)50-22-7-5-20(6-8-22)43-30(48)45-26-15-19(32(36,37)38)14-25(28(26)51-23-9-11-41-17-23)44-27(47)4-2-3-10-42-29(39)40/h5-8,12-16,23,41H,1-4,9-11,17H2,(H,44,47)(H4,39,40,42)(H2,43,45,48)/t23-/m1/s1. The number of hydrogen-bond acceptors (Lipinski definition) is 7. The number of nitrogens with two attached hydrogens (primary N) is 2. The monoisotopic (exact) mass is 724 g/mol. The minimum atomic E-state index is -4.87. The molecule has 1 fully saturated rings. The van der Waals surface area contributed by atoms with Crippen LogP contribution in [0, 0.1) is 5.21 Å². The number of alkyl halides is 6. The summed E-state index contributed by atoms with van der Waals surface area (Å²) in [6, 6.07) is 7.99. The Morgan fingerprint density at radius 3 is 2.16 bits per heavy atom. The number of nitrogens with one attached hydrogen (secondary N) is 4. The highest BCUT2D eigenvalue weighted by atomic mass is 19.4. The first-order valence-corrected chi connectivity index (χ1v) is 15.3. The first kappa shape index (κ1) is 38.1. The van der Waals surface area contributed by atoms with Crippen LogP contribution in [0.5, 0.6) is 17.2 Å². The molecule has 8 N–H and O–H groups in total. The molecule has 0 spiro atoms. The zero-order valence-electron chi connectivity index (χ0n) is 26.8. The molecule has 0 aromatic heterocycles. The number of halogens is 6. The third-order valence-corrected chi connectivity index (χ3v) is 7.20. The van der Waals surface area contributed by atoms with Crippen LogP contribution in [0.4, 0.5) is 53.9 Å². The number of carbonyl (C=O) groups is 2. The molecule has 1 aliphatic heterocycles. The van der Waals surface area contributed by atoms with E-state index in [1.807, 2.05) is 0 Å². The van der Waals surface area contributed by atoms with E-state index in [0.29, 0.717) is 50.6 Å². The van der Waals surface area contributed by atoms with Crippen molar-refractivity contribution < 1.29 is 50.1 Å². The molecule has 1 atom stereocenters. The van der Waals surface area contributed by atoms with Crippen LogP contribution >= 0.6 is 0 Å². The Hall–Kier alpha value is -5.72. The molecule has 3 aromatic rings. The molecular formula is C32H34F6N8O5. The second-order valence-corrected chi connectivity index (χ2v) is 11.2. The Bertz CT molecular complexity index is 1760. The van der Waals surface area contributed by atoms with Gasteiger partial charge in [-0.3, -0.25) is 9.79 Å². The van der Waals surface area contributed by atoms with Crippen LogP contribution in [0.2, 0.25) is 0 Å². The van der Waals surface area contributed by atoms with Crippen molar-refractivity contribution in [1.29, 1.82) is 0 Å². The highest BCUT2D eigenvalue weighted by Crippen LogP contribution is 2.42. The number of rotatable bonds is 13. The van der Waals surface area contributed by atoms with Crippen molar-refractivity contribution in [2.24, 2.45) is 16.5 Å². The molecule has 1 aliphatic rings. The summed E-state index contributed by atoms with van der Waals surface area (Å²) in [7, 11) is 0. The molecule has 0 aliphatic carbocycles. The highest BCUT2D eigenvalue weighted by Gasteiger charge is 2.34. The van der Waals surface area contributed by atoms with Crippen LogP contribution in [0.25, 0.3) is 0 Å². The van der Waals surface area contributed by atoms with E-state index in [-0.39, 0.29) is 58.0 Å². The smallest absolute Gasteiger partial charge is 0.416 e. The van der Waals surface area contributed by atoms with Crippen molar-refractivity contribution in [3.05, 3.63) is 70.9 Å². The van der Waals surface area contributed by atoms with E-state index >= 15 is 0 Å². The predicted molar refractivity (Wildman–Crippen MR) is 178 cm³/mol. The fourth-order valence-electron chi connectivity index (χ4n) is 4.80. The molecule has 274 valence electrons. The first-order chi connectivity index (χ1) is 24.0. The number of urea groups is 1. The van der Waals surface area contributed by atoms with Gasteiger partial charge < -0.3 is 47.4 Å². The molecule has 3 aromatic carbocycles. The Labute approximate surface area is 287 Å². The maximum absolute atomic E-state index is 14.0. The largest absolute Gasteiger partial charge is 0.619 e. The molecule has 13 nitrogen and oxygen atoms in total. The van der Waals surface area contributed by atoms with Gasteiger partial charge in [-0.25, -0.2) is 4.79 Å². The fraction of sp³-hybridized carbons (Fsp3) is 0.312. The molecule has 0 unspecified atom stereocenters. The van der Waals surface area contributed by atoms with Gasteiger partial charge in [-0.05, 0) is 68.3 Å². The van der Waals surface area contributed by atoms with Gasteiger partial charge in [0, 0.05) is 31.3 Å². The number of amides is 3. The van der Waals surface area contributed by atoms with E-state index in [1.165, 1.54) is 24.3 Å². The Morgan fingerprint density at radius 2 is 1.57 bits per heavy atom. The van der Waals surface area contributed by atoms with Gasteiger partial charge in [-0.2, -0.15) is 31.1 Å². The molecule has 51 heavy (non-hydrogen) atoms. The van der Waals surface area contributed by atoms with Gasteiger partial charge in [-0.15, -0.1) is 0 Å². The number of hydrogen-bond donors (Lipinski definition) is 6. The maximum Gasteiger partial charge on any atom is 0.416 e. The van der Waals surface area contributed by atoms with Crippen molar-refractivity contribution in [3.63, 3.8) is 0 Å². The normalized spacial score (nSPS) is 14.4. The Balaban J connectivity index is 1.53. The third-order valence-electron chi connectivity index (χ3n) is 7.20. The fourth-order valence-corrected chi connectivity index (χ4v) is 4.80. The van der Waals surface area contributed by atoms with E-state index < -0.39 is 47.2 Å². The van der Waals surface area contributed by atoms with E-state index in [0.717, 1.165) is 12.1 Å². The summed E-state index contributed by atoms with van der Waals surface area (Å²) < 4.78 is 93.4. The van der Waals surface area contributed by atoms with Crippen LogP contribution in [0.1, 0.15) is 36.8 Å². The topological polar surface area (TPSA) is 191 Å². The Morgan fingerprint density at radius 1 is 0.922 bits per heavy atom. The summed E-state index contributed by atoms with van der Waals surface area (Å²) in [4.78, 5) is 29.6. The van der Waals surface area contributed by atoms with Crippen molar-refractivity contribution in [2.75, 3.05) is 35.6 Å². The van der Waals surface area contributed by atoms with E-state index in [1.54, 1.807) is 0 Å². The number of ether oxygens (including phenoxy) is 2. The number of guanidine groups is 1. The number of aliphatic imine (C=N–C) groups is 1. The second kappa shape index (κ2) is 16.3. The number of carbonyl (C=O) groups excluding carboxylic acids is 2. The summed E-state index contributed by atoms with van der Waals surface area (Å²) in [6.45, 7) is 4.25. The van der Waals surface area contributed by atoms with Crippen molar-refractivity contribution in [3.8, 4) is 17.2 Å². The zero-order chi connectivity index (χ0) is 37.3. The minimum Gasteiger partial charge on any atom is -0.619 e.